The van der Waals surface area contributed by atoms with Crippen molar-refractivity contribution in [3.8, 4) is 0 Å². The van der Waals surface area contributed by atoms with Crippen LogP contribution < -0.4 is 5.32 Å². The molecular weight excluding hydrogens is 240 g/mol. The average molecular weight is 252 g/mol. The zero-order valence-corrected chi connectivity index (χ0v) is 10.2. The van der Waals surface area contributed by atoms with Crippen LogP contribution in [-0.4, -0.2) is 31.8 Å². The summed E-state index contributed by atoms with van der Waals surface area (Å²) in [6.45, 7) is 0.887. The molecule has 0 saturated carbocycles. The number of hydrogen-bond acceptors (Lipinski definition) is 5. The summed E-state index contributed by atoms with van der Waals surface area (Å²) in [7, 11) is 0. The lowest BCUT2D eigenvalue weighted by molar-refractivity contribution is 0.632. The SMILES string of the molecule is c1ccc2c(c1)CC2CNc1ccc2nnnn2n1. The summed E-state index contributed by atoms with van der Waals surface area (Å²) in [6.07, 6.45) is 1.14. The second kappa shape index (κ2) is 4.01. The monoisotopic (exact) mass is 252 g/mol. The number of benzene rings is 1. The number of fused-ring (bicyclic) bond motifs is 2. The van der Waals surface area contributed by atoms with Crippen LogP contribution in [0.3, 0.4) is 0 Å². The first-order chi connectivity index (χ1) is 9.40. The minimum Gasteiger partial charge on any atom is -0.368 e. The molecule has 19 heavy (non-hydrogen) atoms. The van der Waals surface area contributed by atoms with Crippen LogP contribution >= 0.6 is 0 Å². The second-order valence-corrected chi connectivity index (χ2v) is 4.73. The van der Waals surface area contributed by atoms with Crippen molar-refractivity contribution in [2.75, 3.05) is 11.9 Å². The third kappa shape index (κ3) is 1.72. The molecule has 2 heterocycles. The van der Waals surface area contributed by atoms with Crippen LogP contribution in [0.1, 0.15) is 17.0 Å². The zero-order valence-electron chi connectivity index (χ0n) is 10.2. The molecule has 0 amide bonds. The van der Waals surface area contributed by atoms with Gasteiger partial charge in [0.1, 0.15) is 5.82 Å². The largest absolute Gasteiger partial charge is 0.368 e. The maximum absolute atomic E-state index is 4.29. The minimum atomic E-state index is 0.572. The van der Waals surface area contributed by atoms with Crippen molar-refractivity contribution in [2.45, 2.75) is 12.3 Å². The van der Waals surface area contributed by atoms with E-state index < -0.39 is 0 Å². The summed E-state index contributed by atoms with van der Waals surface area (Å²) >= 11 is 0. The standard InChI is InChI=1S/C13H12N6/c1-2-4-11-9(3-1)7-10(11)8-14-12-5-6-13-15-17-18-19(13)16-12/h1-6,10H,7-8H2,(H,14,16). The van der Waals surface area contributed by atoms with Crippen molar-refractivity contribution < 1.29 is 0 Å². The number of anilines is 1. The van der Waals surface area contributed by atoms with Gasteiger partial charge in [-0.2, -0.15) is 0 Å². The van der Waals surface area contributed by atoms with E-state index in [0.717, 1.165) is 18.8 Å². The van der Waals surface area contributed by atoms with Crippen molar-refractivity contribution in [3.05, 3.63) is 47.5 Å². The summed E-state index contributed by atoms with van der Waals surface area (Å²) in [4.78, 5) is 0. The molecule has 0 radical (unpaired) electrons. The molecule has 3 aromatic rings. The van der Waals surface area contributed by atoms with E-state index in [9.17, 15) is 0 Å². The van der Waals surface area contributed by atoms with E-state index in [0.29, 0.717) is 11.6 Å². The maximum Gasteiger partial charge on any atom is 0.200 e. The third-order valence-electron chi connectivity index (χ3n) is 3.56. The summed E-state index contributed by atoms with van der Waals surface area (Å²) in [5, 5.41) is 18.8. The first kappa shape index (κ1) is 10.4. The fourth-order valence-electron chi connectivity index (χ4n) is 2.52. The van der Waals surface area contributed by atoms with Crippen LogP contribution in [0, 0.1) is 0 Å². The number of rotatable bonds is 3. The van der Waals surface area contributed by atoms with Crippen LogP contribution in [0.2, 0.25) is 0 Å². The van der Waals surface area contributed by atoms with Crippen LogP contribution in [-0.2, 0) is 6.42 Å². The summed E-state index contributed by atoms with van der Waals surface area (Å²) in [6, 6.07) is 12.3. The number of nitrogens with one attached hydrogen (secondary N) is 1. The quantitative estimate of drug-likeness (QED) is 0.760. The van der Waals surface area contributed by atoms with Crippen molar-refractivity contribution in [3.63, 3.8) is 0 Å². The summed E-state index contributed by atoms with van der Waals surface area (Å²) in [5.74, 6) is 1.37. The van der Waals surface area contributed by atoms with Crippen molar-refractivity contribution in [1.29, 1.82) is 0 Å². The minimum absolute atomic E-state index is 0.572. The topological polar surface area (TPSA) is 68.0 Å². The Balaban J connectivity index is 1.48. The third-order valence-corrected chi connectivity index (χ3v) is 3.56. The van der Waals surface area contributed by atoms with Gasteiger partial charge in [-0.1, -0.05) is 24.3 Å². The van der Waals surface area contributed by atoms with E-state index in [1.54, 1.807) is 0 Å². The van der Waals surface area contributed by atoms with E-state index in [1.165, 1.54) is 15.8 Å². The molecule has 0 aliphatic heterocycles. The van der Waals surface area contributed by atoms with Crippen molar-refractivity contribution in [1.82, 2.24) is 25.3 Å². The van der Waals surface area contributed by atoms with Crippen LogP contribution in [0.5, 0.6) is 0 Å². The highest BCUT2D eigenvalue weighted by molar-refractivity contribution is 5.45. The van der Waals surface area contributed by atoms with Crippen LogP contribution in [0.15, 0.2) is 36.4 Å². The highest BCUT2D eigenvalue weighted by Crippen LogP contribution is 2.34. The Labute approximate surface area is 109 Å². The Morgan fingerprint density at radius 3 is 3.11 bits per heavy atom. The fourth-order valence-corrected chi connectivity index (χ4v) is 2.52. The normalized spacial score (nSPS) is 16.9. The molecule has 0 spiro atoms. The lowest BCUT2D eigenvalue weighted by Gasteiger charge is -2.30. The number of hydrogen-bond donors (Lipinski definition) is 1. The molecular formula is C13H12N6. The van der Waals surface area contributed by atoms with Crippen molar-refractivity contribution >= 4 is 11.5 Å². The molecule has 1 aliphatic rings. The number of tetrazole rings is 1. The molecule has 0 saturated heterocycles. The first-order valence-electron chi connectivity index (χ1n) is 6.27. The zero-order chi connectivity index (χ0) is 12.7. The highest BCUT2D eigenvalue weighted by atomic mass is 15.6. The predicted octanol–water partition coefficient (Wildman–Crippen LogP) is 1.27. The van der Waals surface area contributed by atoms with Gasteiger partial charge in [-0.3, -0.25) is 0 Å². The Kier molecular flexibility index (Phi) is 2.20. The summed E-state index contributed by atoms with van der Waals surface area (Å²) in [5.41, 5.74) is 3.55. The van der Waals surface area contributed by atoms with Gasteiger partial charge in [0, 0.05) is 12.5 Å². The first-order valence-corrected chi connectivity index (χ1v) is 6.27. The van der Waals surface area contributed by atoms with Gasteiger partial charge in [-0.15, -0.1) is 14.8 Å². The lowest BCUT2D eigenvalue weighted by Crippen LogP contribution is -2.24. The predicted molar refractivity (Wildman–Crippen MR) is 70.0 cm³/mol. The molecule has 94 valence electrons. The lowest BCUT2D eigenvalue weighted by atomic mass is 9.78. The molecule has 6 nitrogen and oxygen atoms in total. The Hall–Kier alpha value is -2.50. The maximum atomic E-state index is 4.29. The Morgan fingerprint density at radius 1 is 1.21 bits per heavy atom. The van der Waals surface area contributed by atoms with E-state index in [1.807, 2.05) is 12.1 Å². The summed E-state index contributed by atoms with van der Waals surface area (Å²) < 4.78 is 1.43. The molecule has 1 unspecified atom stereocenters. The Bertz CT molecular complexity index is 735. The molecule has 0 bridgehead atoms. The molecule has 2 aromatic heterocycles. The van der Waals surface area contributed by atoms with Gasteiger partial charge < -0.3 is 5.32 Å². The van der Waals surface area contributed by atoms with Gasteiger partial charge in [0.2, 0.25) is 0 Å². The van der Waals surface area contributed by atoms with E-state index >= 15 is 0 Å². The van der Waals surface area contributed by atoms with E-state index in [4.69, 9.17) is 0 Å². The second-order valence-electron chi connectivity index (χ2n) is 4.73. The molecule has 1 N–H and O–H groups in total. The van der Waals surface area contributed by atoms with Gasteiger partial charge in [-0.25, -0.2) is 0 Å². The van der Waals surface area contributed by atoms with Gasteiger partial charge in [0.15, 0.2) is 5.65 Å². The van der Waals surface area contributed by atoms with Crippen LogP contribution in [0.25, 0.3) is 5.65 Å². The van der Waals surface area contributed by atoms with Gasteiger partial charge in [0.05, 0.1) is 0 Å². The number of nitrogens with zero attached hydrogens (tertiary/aromatic N) is 5. The van der Waals surface area contributed by atoms with Gasteiger partial charge >= 0.3 is 0 Å². The molecule has 4 rings (SSSR count). The average Bonchev–Trinajstić information content (AvgIpc) is 2.87. The van der Waals surface area contributed by atoms with Gasteiger partial charge in [-0.05, 0) is 40.1 Å². The smallest absolute Gasteiger partial charge is 0.200 e. The fraction of sp³-hybridized carbons (Fsp3) is 0.231. The van der Waals surface area contributed by atoms with Gasteiger partial charge in [0.25, 0.3) is 0 Å². The van der Waals surface area contributed by atoms with E-state index in [-0.39, 0.29) is 0 Å². The van der Waals surface area contributed by atoms with E-state index in [2.05, 4.69) is 50.2 Å². The molecule has 6 heteroatoms. The molecule has 1 aromatic carbocycles. The Morgan fingerprint density at radius 2 is 2.16 bits per heavy atom. The number of aromatic nitrogens is 5. The molecule has 1 aliphatic carbocycles. The van der Waals surface area contributed by atoms with Crippen LogP contribution in [0.4, 0.5) is 5.82 Å². The molecule has 0 fully saturated rings. The molecule has 1 atom stereocenters. The highest BCUT2D eigenvalue weighted by Gasteiger charge is 2.24. The van der Waals surface area contributed by atoms with Crippen molar-refractivity contribution in [2.24, 2.45) is 0 Å².